The fourth-order valence-corrected chi connectivity index (χ4v) is 4.96. The van der Waals surface area contributed by atoms with Crippen LogP contribution in [0.2, 0.25) is 0 Å². The zero-order chi connectivity index (χ0) is 27.9. The third-order valence-electron chi connectivity index (χ3n) is 7.14. The summed E-state index contributed by atoms with van der Waals surface area (Å²) in [7, 11) is 1.58. The largest absolute Gasteiger partial charge is 0.497 e. The van der Waals surface area contributed by atoms with Crippen LogP contribution < -0.4 is 14.2 Å². The number of hydrogen-bond acceptors (Lipinski definition) is 6. The summed E-state index contributed by atoms with van der Waals surface area (Å²) in [5.74, 6) is 1.57. The van der Waals surface area contributed by atoms with Crippen LogP contribution in [-0.2, 0) is 16.0 Å². The molecule has 1 saturated carbocycles. The molecule has 0 aromatic heterocycles. The highest BCUT2D eigenvalue weighted by Gasteiger charge is 2.19. The lowest BCUT2D eigenvalue weighted by Crippen LogP contribution is -2.37. The van der Waals surface area contributed by atoms with Gasteiger partial charge in [-0.1, -0.05) is 63.1 Å². The van der Waals surface area contributed by atoms with Gasteiger partial charge in [-0.25, -0.2) is 9.59 Å². The Labute approximate surface area is 232 Å². The Bertz CT molecular complexity index is 1000. The molecule has 1 unspecified atom stereocenters. The number of aliphatic carboxylic acids is 1. The van der Waals surface area contributed by atoms with Crippen molar-refractivity contribution >= 4 is 12.1 Å². The summed E-state index contributed by atoms with van der Waals surface area (Å²) in [6.45, 7) is 3.42. The number of carbonyl (C=O) groups is 2. The minimum absolute atomic E-state index is 0.286. The Morgan fingerprint density at radius 2 is 1.72 bits per heavy atom. The first kappa shape index (κ1) is 30.3. The van der Waals surface area contributed by atoms with Gasteiger partial charge in [0.2, 0.25) is 0 Å². The molecule has 1 N–H and O–H groups in total. The Kier molecular flexibility index (Phi) is 12.9. The van der Waals surface area contributed by atoms with Crippen molar-refractivity contribution in [2.75, 3.05) is 33.4 Å². The van der Waals surface area contributed by atoms with E-state index in [2.05, 4.69) is 0 Å². The smallest absolute Gasteiger partial charge is 0.415 e. The molecule has 0 saturated heterocycles. The number of hydrogen-bond donors (Lipinski definition) is 1. The molecule has 0 heterocycles. The molecule has 0 spiro atoms. The monoisotopic (exact) mass is 541 g/mol. The summed E-state index contributed by atoms with van der Waals surface area (Å²) >= 11 is 0. The SMILES string of the molecule is CCOC(Cc1ccc(OCCN(CCCCC2CCCCC2)C(=O)Oc2cccc(OC)c2)cc1)C(=O)O. The number of benzene rings is 2. The van der Waals surface area contributed by atoms with E-state index in [1.807, 2.05) is 24.3 Å². The Balaban J connectivity index is 1.52. The highest BCUT2D eigenvalue weighted by Crippen LogP contribution is 2.28. The standard InChI is InChI=1S/C31H43NO7/c1-3-37-29(30(33)34)22-25-15-17-26(18-16-25)38-21-20-32(19-8-7-12-24-10-5-4-6-11-24)31(35)39-28-14-9-13-27(23-28)36-2/h9,13-18,23-24,29H,3-8,10-12,19-22H2,1-2H3,(H,33,34). The highest BCUT2D eigenvalue weighted by atomic mass is 16.6. The first-order chi connectivity index (χ1) is 19.0. The predicted molar refractivity (Wildman–Crippen MR) is 150 cm³/mol. The van der Waals surface area contributed by atoms with Crippen molar-refractivity contribution in [3.63, 3.8) is 0 Å². The molecule has 8 heteroatoms. The fourth-order valence-electron chi connectivity index (χ4n) is 4.96. The van der Waals surface area contributed by atoms with Crippen LogP contribution in [0.25, 0.3) is 0 Å². The van der Waals surface area contributed by atoms with Gasteiger partial charge in [-0.2, -0.15) is 0 Å². The number of carbonyl (C=O) groups excluding carboxylic acids is 1. The van der Waals surface area contributed by atoms with Crippen LogP contribution in [0.15, 0.2) is 48.5 Å². The van der Waals surface area contributed by atoms with Crippen molar-refractivity contribution in [2.24, 2.45) is 5.92 Å². The van der Waals surface area contributed by atoms with Crippen LogP contribution >= 0.6 is 0 Å². The maximum absolute atomic E-state index is 13.1. The van der Waals surface area contributed by atoms with E-state index in [9.17, 15) is 14.7 Å². The summed E-state index contributed by atoms with van der Waals surface area (Å²) in [6, 6.07) is 14.3. The van der Waals surface area contributed by atoms with Crippen molar-refractivity contribution in [3.8, 4) is 17.2 Å². The van der Waals surface area contributed by atoms with E-state index in [1.165, 1.54) is 38.5 Å². The summed E-state index contributed by atoms with van der Waals surface area (Å²) in [4.78, 5) is 26.1. The Morgan fingerprint density at radius 1 is 0.974 bits per heavy atom. The zero-order valence-corrected chi connectivity index (χ0v) is 23.3. The molecule has 39 heavy (non-hydrogen) atoms. The van der Waals surface area contributed by atoms with Gasteiger partial charge in [0, 0.05) is 25.6 Å². The van der Waals surface area contributed by atoms with E-state index >= 15 is 0 Å². The summed E-state index contributed by atoms with van der Waals surface area (Å²) < 4.78 is 22.1. The van der Waals surface area contributed by atoms with Gasteiger partial charge >= 0.3 is 12.1 Å². The lowest BCUT2D eigenvalue weighted by Gasteiger charge is -2.24. The molecule has 1 aliphatic carbocycles. The molecule has 1 aliphatic rings. The van der Waals surface area contributed by atoms with Gasteiger partial charge in [-0.15, -0.1) is 0 Å². The van der Waals surface area contributed by atoms with Crippen molar-refractivity contribution in [2.45, 2.75) is 70.8 Å². The summed E-state index contributed by atoms with van der Waals surface area (Å²) in [6.07, 6.45) is 8.94. The van der Waals surface area contributed by atoms with E-state index in [4.69, 9.17) is 18.9 Å². The van der Waals surface area contributed by atoms with Gasteiger partial charge in [-0.3, -0.25) is 0 Å². The van der Waals surface area contributed by atoms with Crippen LogP contribution in [0.1, 0.15) is 63.9 Å². The number of carboxylic acid groups (broad SMARTS) is 1. The molecule has 1 fully saturated rings. The van der Waals surface area contributed by atoms with Crippen LogP contribution in [0, 0.1) is 5.92 Å². The number of methoxy groups -OCH3 is 1. The number of amides is 1. The second-order valence-electron chi connectivity index (χ2n) is 10.0. The van der Waals surface area contributed by atoms with Crippen LogP contribution in [0.4, 0.5) is 4.79 Å². The zero-order valence-electron chi connectivity index (χ0n) is 23.3. The molecule has 0 bridgehead atoms. The molecule has 3 rings (SSSR count). The van der Waals surface area contributed by atoms with Gasteiger partial charge in [0.05, 0.1) is 13.7 Å². The lowest BCUT2D eigenvalue weighted by atomic mass is 9.86. The molecule has 2 aromatic carbocycles. The van der Waals surface area contributed by atoms with Crippen molar-refractivity contribution in [1.82, 2.24) is 4.90 Å². The van der Waals surface area contributed by atoms with Crippen molar-refractivity contribution in [1.29, 1.82) is 0 Å². The molecule has 1 atom stereocenters. The van der Waals surface area contributed by atoms with E-state index in [0.717, 1.165) is 24.3 Å². The first-order valence-electron chi connectivity index (χ1n) is 14.2. The summed E-state index contributed by atoms with van der Waals surface area (Å²) in [5, 5.41) is 9.30. The van der Waals surface area contributed by atoms with Crippen molar-refractivity contribution in [3.05, 3.63) is 54.1 Å². The normalized spacial score (nSPS) is 14.4. The quantitative estimate of drug-likeness (QED) is 0.247. The molecule has 2 aromatic rings. The van der Waals surface area contributed by atoms with E-state index in [0.29, 0.717) is 43.6 Å². The third kappa shape index (κ3) is 10.8. The average Bonchev–Trinajstić information content (AvgIpc) is 2.95. The minimum Gasteiger partial charge on any atom is -0.497 e. The molecule has 8 nitrogen and oxygen atoms in total. The van der Waals surface area contributed by atoms with Gasteiger partial charge in [-0.05, 0) is 49.1 Å². The van der Waals surface area contributed by atoms with Crippen LogP contribution in [-0.4, -0.2) is 61.6 Å². The maximum Gasteiger partial charge on any atom is 0.415 e. The molecule has 0 aliphatic heterocycles. The Hall–Kier alpha value is -3.26. The third-order valence-corrected chi connectivity index (χ3v) is 7.14. The average molecular weight is 542 g/mol. The van der Waals surface area contributed by atoms with Gasteiger partial charge in [0.15, 0.2) is 6.10 Å². The fraction of sp³-hybridized carbons (Fsp3) is 0.548. The molecule has 214 valence electrons. The second kappa shape index (κ2) is 16.6. The Morgan fingerprint density at radius 3 is 2.41 bits per heavy atom. The predicted octanol–water partition coefficient (Wildman–Crippen LogP) is 6.36. The van der Waals surface area contributed by atoms with Gasteiger partial charge < -0.3 is 29.0 Å². The maximum atomic E-state index is 13.1. The first-order valence-corrected chi connectivity index (χ1v) is 14.2. The van der Waals surface area contributed by atoms with Crippen LogP contribution in [0.5, 0.6) is 17.2 Å². The number of rotatable bonds is 16. The molecule has 1 amide bonds. The van der Waals surface area contributed by atoms with E-state index in [1.54, 1.807) is 43.2 Å². The molecular formula is C31H43NO7. The number of unbranched alkanes of at least 4 members (excludes halogenated alkanes) is 1. The second-order valence-corrected chi connectivity index (χ2v) is 10.0. The lowest BCUT2D eigenvalue weighted by molar-refractivity contribution is -0.149. The number of nitrogens with zero attached hydrogens (tertiary/aromatic N) is 1. The summed E-state index contributed by atoms with van der Waals surface area (Å²) in [5.41, 5.74) is 0.852. The topological polar surface area (TPSA) is 94.5 Å². The highest BCUT2D eigenvalue weighted by molar-refractivity contribution is 5.72. The molecular weight excluding hydrogens is 498 g/mol. The number of carboxylic acids is 1. The van der Waals surface area contributed by atoms with E-state index in [-0.39, 0.29) is 6.42 Å². The van der Waals surface area contributed by atoms with E-state index < -0.39 is 18.2 Å². The van der Waals surface area contributed by atoms with Crippen molar-refractivity contribution < 1.29 is 33.6 Å². The van der Waals surface area contributed by atoms with Gasteiger partial charge in [0.25, 0.3) is 0 Å². The van der Waals surface area contributed by atoms with Crippen LogP contribution in [0.3, 0.4) is 0 Å². The molecule has 0 radical (unpaired) electrons. The van der Waals surface area contributed by atoms with Gasteiger partial charge in [0.1, 0.15) is 23.9 Å². The number of ether oxygens (including phenoxy) is 4. The minimum atomic E-state index is -0.975.